The van der Waals surface area contributed by atoms with Gasteiger partial charge < -0.3 is 0 Å². The molecule has 0 amide bonds. The molecule has 0 saturated heterocycles. The van der Waals surface area contributed by atoms with Crippen LogP contribution in [-0.4, -0.2) is 0 Å². The van der Waals surface area contributed by atoms with Crippen LogP contribution in [0.2, 0.25) is 0 Å². The zero-order valence-corrected chi connectivity index (χ0v) is 25.4. The predicted molar refractivity (Wildman–Crippen MR) is 167 cm³/mol. The molecular weight excluding hydrogens is 476 g/mol. The van der Waals surface area contributed by atoms with Crippen LogP contribution in [0.5, 0.6) is 0 Å². The first-order chi connectivity index (χ1) is 18.0. The van der Waals surface area contributed by atoms with Crippen molar-refractivity contribution in [2.24, 2.45) is 5.92 Å². The zero-order valence-electron chi connectivity index (χ0n) is 24.6. The Hall–Kier alpha value is -2.95. The summed E-state index contributed by atoms with van der Waals surface area (Å²) in [6, 6.07) is 21.6. The van der Waals surface area contributed by atoms with Crippen molar-refractivity contribution < 1.29 is 0 Å². The van der Waals surface area contributed by atoms with Gasteiger partial charge >= 0.3 is 0 Å². The van der Waals surface area contributed by atoms with Crippen LogP contribution >= 0.6 is 10.0 Å². The van der Waals surface area contributed by atoms with Crippen molar-refractivity contribution in [1.29, 1.82) is 0 Å². The van der Waals surface area contributed by atoms with E-state index in [1.165, 1.54) is 58.5 Å². The van der Waals surface area contributed by atoms with Gasteiger partial charge in [0.2, 0.25) is 0 Å². The van der Waals surface area contributed by atoms with E-state index in [9.17, 15) is 0 Å². The third-order valence-corrected chi connectivity index (χ3v) is 12.5. The second-order valence-corrected chi connectivity index (χ2v) is 15.3. The van der Waals surface area contributed by atoms with Crippen LogP contribution in [0.15, 0.2) is 85.8 Å². The van der Waals surface area contributed by atoms with Gasteiger partial charge in [-0.2, -0.15) is 0 Å². The molecule has 1 heteroatoms. The molecular formula is C37H42S. The van der Waals surface area contributed by atoms with Crippen LogP contribution in [0.4, 0.5) is 0 Å². The summed E-state index contributed by atoms with van der Waals surface area (Å²) >= 11 is 0. The molecule has 0 aliphatic carbocycles. The maximum absolute atomic E-state index is 6.41. The second kappa shape index (κ2) is 9.66. The van der Waals surface area contributed by atoms with Crippen LogP contribution in [0.25, 0.3) is 16.7 Å². The summed E-state index contributed by atoms with van der Waals surface area (Å²) in [6.45, 7) is 20.6. The zero-order chi connectivity index (χ0) is 27.5. The third kappa shape index (κ3) is 3.84. The number of benzene rings is 3. The number of fused-ring (bicyclic) bond motifs is 7. The van der Waals surface area contributed by atoms with Gasteiger partial charge in [-0.1, -0.05) is 103 Å². The van der Waals surface area contributed by atoms with E-state index < -0.39 is 10.0 Å². The molecule has 0 unspecified atom stereocenters. The van der Waals surface area contributed by atoms with Crippen LogP contribution in [0.1, 0.15) is 102 Å². The Morgan fingerprint density at radius 1 is 0.658 bits per heavy atom. The highest BCUT2D eigenvalue weighted by Crippen LogP contribution is 2.84. The van der Waals surface area contributed by atoms with E-state index >= 15 is 0 Å². The third-order valence-electron chi connectivity index (χ3n) is 8.56. The summed E-state index contributed by atoms with van der Waals surface area (Å²) < 4.78 is 0. The summed E-state index contributed by atoms with van der Waals surface area (Å²) in [5.74, 6) is 5.03. The Kier molecular flexibility index (Phi) is 6.77. The van der Waals surface area contributed by atoms with Crippen molar-refractivity contribution in [3.63, 3.8) is 0 Å². The van der Waals surface area contributed by atoms with E-state index in [-0.39, 0.29) is 0 Å². The maximum Gasteiger partial charge on any atom is 0.0456 e. The highest BCUT2D eigenvalue weighted by atomic mass is 32.3. The Morgan fingerprint density at radius 2 is 1.05 bits per heavy atom. The fourth-order valence-electron chi connectivity index (χ4n) is 5.79. The molecule has 2 aliphatic heterocycles. The topological polar surface area (TPSA) is 0 Å². The van der Waals surface area contributed by atoms with Gasteiger partial charge in [-0.3, -0.25) is 0 Å². The molecule has 2 heterocycles. The van der Waals surface area contributed by atoms with E-state index in [1.807, 2.05) is 0 Å². The van der Waals surface area contributed by atoms with Gasteiger partial charge in [0, 0.05) is 30.7 Å². The van der Waals surface area contributed by atoms with E-state index in [4.69, 9.17) is 6.42 Å². The molecule has 0 bridgehead atoms. The highest BCUT2D eigenvalue weighted by Gasteiger charge is 2.49. The lowest BCUT2D eigenvalue weighted by molar-refractivity contribution is 0.769. The van der Waals surface area contributed by atoms with Crippen LogP contribution in [0, 0.1) is 18.3 Å². The monoisotopic (exact) mass is 518 g/mol. The molecule has 38 heavy (non-hydrogen) atoms. The molecule has 196 valence electrons. The Balaban J connectivity index is 2.02. The van der Waals surface area contributed by atoms with E-state index in [1.54, 1.807) is 0 Å². The first-order valence-corrected chi connectivity index (χ1v) is 15.8. The standard InChI is InChI=1S/C37H42S/c1-11-30-31-15-12-27(23(4)5)19-35(31)38(34(30)18-26(10)22(2)3)36-20-28(24(6)7)13-16-32(36)33-17-14-29(25(8)9)21-37(33)38/h1,12-25H,2-10H3/b26-18+. The first-order valence-electron chi connectivity index (χ1n) is 14.2. The van der Waals surface area contributed by atoms with Gasteiger partial charge in [0.05, 0.1) is 0 Å². The van der Waals surface area contributed by atoms with E-state index in [2.05, 4.69) is 129 Å². The Labute approximate surface area is 232 Å². The smallest absolute Gasteiger partial charge is 0.0456 e. The number of allylic oxidation sites excluding steroid dienone is 3. The van der Waals surface area contributed by atoms with Gasteiger partial charge in [-0.25, -0.2) is 0 Å². The van der Waals surface area contributed by atoms with Gasteiger partial charge in [-0.15, -0.1) is 16.5 Å². The van der Waals surface area contributed by atoms with Crippen LogP contribution < -0.4 is 0 Å². The second-order valence-electron chi connectivity index (χ2n) is 12.3. The summed E-state index contributed by atoms with van der Waals surface area (Å²) in [4.78, 5) is 5.72. The predicted octanol–water partition coefficient (Wildman–Crippen LogP) is 11.3. The highest BCUT2D eigenvalue weighted by molar-refractivity contribution is 8.37. The van der Waals surface area contributed by atoms with Crippen LogP contribution in [0.3, 0.4) is 0 Å². The molecule has 0 nitrogen and oxygen atoms in total. The van der Waals surface area contributed by atoms with E-state index in [0.717, 1.165) is 5.57 Å². The van der Waals surface area contributed by atoms with Crippen molar-refractivity contribution in [3.05, 3.63) is 93.4 Å². The molecule has 0 atom stereocenters. The van der Waals surface area contributed by atoms with Crippen LogP contribution in [-0.2, 0) is 0 Å². The molecule has 5 rings (SSSR count). The Bertz CT molecular complexity index is 1470. The minimum absolute atomic E-state index is 0.451. The molecule has 1 spiro atoms. The summed E-state index contributed by atoms with van der Waals surface area (Å²) in [7, 11) is -1.74. The first kappa shape index (κ1) is 26.6. The molecule has 0 radical (unpaired) electrons. The van der Waals surface area contributed by atoms with Gasteiger partial charge in [0.15, 0.2) is 0 Å². The minimum Gasteiger partial charge on any atom is -0.130 e. The molecule has 3 aromatic rings. The molecule has 3 aromatic carbocycles. The fourth-order valence-corrected chi connectivity index (χ4v) is 10.5. The van der Waals surface area contributed by atoms with Crippen molar-refractivity contribution in [1.82, 2.24) is 0 Å². The Morgan fingerprint density at radius 3 is 1.42 bits per heavy atom. The van der Waals surface area contributed by atoms with Crippen molar-refractivity contribution >= 4 is 15.6 Å². The summed E-state index contributed by atoms with van der Waals surface area (Å²) in [6.07, 6.45) is 8.88. The minimum atomic E-state index is -1.74. The van der Waals surface area contributed by atoms with Gasteiger partial charge in [0.1, 0.15) is 0 Å². The maximum atomic E-state index is 6.41. The average Bonchev–Trinajstić information content (AvgIpc) is 3.33. The average molecular weight is 519 g/mol. The van der Waals surface area contributed by atoms with Crippen molar-refractivity contribution in [2.45, 2.75) is 94.8 Å². The molecule has 0 saturated carbocycles. The molecule has 0 aromatic heterocycles. The number of rotatable bonds is 5. The van der Waals surface area contributed by atoms with Gasteiger partial charge in [-0.05, 0) is 82.7 Å². The lowest BCUT2D eigenvalue weighted by Crippen LogP contribution is -2.04. The molecule has 0 fully saturated rings. The molecule has 2 aliphatic rings. The largest absolute Gasteiger partial charge is 0.130 e. The quantitative estimate of drug-likeness (QED) is 0.295. The van der Waals surface area contributed by atoms with Gasteiger partial charge in [0.25, 0.3) is 0 Å². The van der Waals surface area contributed by atoms with Crippen molar-refractivity contribution in [2.75, 3.05) is 0 Å². The SMILES string of the molecule is C#CC1=C(/C=C(\C)C(C)C)S2(c3cc(C(C)C)ccc31)c1cc(C(C)C)ccc1-c1ccc(C(C)C)cc12. The summed E-state index contributed by atoms with van der Waals surface area (Å²) in [5, 5.41) is 0. The lowest BCUT2D eigenvalue weighted by atomic mass is 9.96. The number of terminal acetylenes is 1. The number of hydrogen-bond acceptors (Lipinski definition) is 0. The normalized spacial score (nSPS) is 16.5. The number of hydrogen-bond donors (Lipinski definition) is 0. The lowest BCUT2D eigenvalue weighted by Gasteiger charge is -2.38. The summed E-state index contributed by atoms with van der Waals surface area (Å²) in [5.41, 5.74) is 10.6. The molecule has 0 N–H and O–H groups in total. The fraction of sp³-hybridized carbons (Fsp3) is 0.351. The van der Waals surface area contributed by atoms with Crippen molar-refractivity contribution in [3.8, 4) is 23.5 Å². The van der Waals surface area contributed by atoms with E-state index in [0.29, 0.717) is 23.7 Å².